The number of amides is 2. The molecule has 2 amide bonds. The molecule has 4 rings (SSSR count). The quantitative estimate of drug-likeness (QED) is 0.333. The fraction of sp³-hybridized carbons (Fsp3) is 0.192. The molecule has 1 fully saturated rings. The summed E-state index contributed by atoms with van der Waals surface area (Å²) in [5.41, 5.74) is 1.70. The van der Waals surface area contributed by atoms with Crippen molar-refractivity contribution < 1.29 is 28.6 Å². The number of rotatable bonds is 8. The van der Waals surface area contributed by atoms with Gasteiger partial charge in [0.25, 0.3) is 11.1 Å². The molecule has 0 aromatic heterocycles. The van der Waals surface area contributed by atoms with Gasteiger partial charge in [0.05, 0.1) is 18.6 Å². The number of carbonyl (C=O) groups excluding carboxylic acids is 3. The molecule has 3 aromatic rings. The summed E-state index contributed by atoms with van der Waals surface area (Å²) in [6.07, 6.45) is 1.60. The molecule has 1 saturated heterocycles. The summed E-state index contributed by atoms with van der Waals surface area (Å²) in [5, 5.41) is 1.80. The summed E-state index contributed by atoms with van der Waals surface area (Å²) in [6.45, 7) is 2.27. The van der Waals surface area contributed by atoms with Gasteiger partial charge in [0.15, 0.2) is 11.5 Å². The van der Waals surface area contributed by atoms with Gasteiger partial charge in [-0.3, -0.25) is 19.3 Å². The van der Waals surface area contributed by atoms with E-state index in [-0.39, 0.29) is 4.91 Å². The number of hydrogen-bond acceptors (Lipinski definition) is 7. The molecular formula is C26H23NO6S. The number of carbonyl (C=O) groups is 3. The van der Waals surface area contributed by atoms with Gasteiger partial charge in [-0.15, -0.1) is 0 Å². The topological polar surface area (TPSA) is 82.1 Å². The van der Waals surface area contributed by atoms with Gasteiger partial charge >= 0.3 is 5.97 Å². The van der Waals surface area contributed by atoms with Gasteiger partial charge < -0.3 is 14.2 Å². The average Bonchev–Trinajstić information content (AvgIpc) is 3.10. The number of hydrogen-bond donors (Lipinski definition) is 0. The maximum Gasteiger partial charge on any atom is 0.325 e. The van der Waals surface area contributed by atoms with Crippen LogP contribution in [0.25, 0.3) is 16.8 Å². The number of imide groups is 1. The molecular weight excluding hydrogens is 454 g/mol. The molecule has 3 aromatic carbocycles. The first-order valence-electron chi connectivity index (χ1n) is 10.7. The van der Waals surface area contributed by atoms with Crippen molar-refractivity contribution >= 4 is 45.7 Å². The lowest BCUT2D eigenvalue weighted by Gasteiger charge is -2.13. The van der Waals surface area contributed by atoms with Gasteiger partial charge in [-0.25, -0.2) is 0 Å². The van der Waals surface area contributed by atoms with E-state index in [2.05, 4.69) is 29.0 Å². The van der Waals surface area contributed by atoms with Crippen LogP contribution < -0.4 is 9.47 Å². The number of thioether (sulfide) groups is 1. The van der Waals surface area contributed by atoms with Crippen molar-refractivity contribution in [1.82, 2.24) is 4.90 Å². The second-order valence-electron chi connectivity index (χ2n) is 7.45. The van der Waals surface area contributed by atoms with Crippen molar-refractivity contribution in [2.45, 2.75) is 13.5 Å². The van der Waals surface area contributed by atoms with Crippen LogP contribution in [0, 0.1) is 0 Å². The molecule has 7 nitrogen and oxygen atoms in total. The lowest BCUT2D eigenvalue weighted by molar-refractivity contribution is -0.143. The largest absolute Gasteiger partial charge is 0.490 e. The Morgan fingerprint density at radius 3 is 2.53 bits per heavy atom. The lowest BCUT2D eigenvalue weighted by atomic mass is 10.1. The van der Waals surface area contributed by atoms with Crippen molar-refractivity contribution in [1.29, 1.82) is 0 Å². The van der Waals surface area contributed by atoms with Crippen molar-refractivity contribution in [3.05, 3.63) is 76.7 Å². The number of methoxy groups -OCH3 is 1. The lowest BCUT2D eigenvalue weighted by Crippen LogP contribution is -2.34. The highest BCUT2D eigenvalue weighted by molar-refractivity contribution is 8.18. The number of benzene rings is 3. The fourth-order valence-electron chi connectivity index (χ4n) is 3.47. The third-order valence-electron chi connectivity index (χ3n) is 5.16. The van der Waals surface area contributed by atoms with E-state index >= 15 is 0 Å². The Labute approximate surface area is 201 Å². The van der Waals surface area contributed by atoms with Gasteiger partial charge in [0.1, 0.15) is 13.2 Å². The summed E-state index contributed by atoms with van der Waals surface area (Å²) in [5.74, 6) is -0.0816. The molecule has 0 saturated carbocycles. The predicted octanol–water partition coefficient (Wildman–Crippen LogP) is 5.03. The molecule has 0 radical (unpaired) electrons. The molecule has 0 aliphatic carbocycles. The van der Waals surface area contributed by atoms with Gasteiger partial charge in [-0.05, 0) is 64.9 Å². The SMILES string of the molecule is CCOc1cc(/C=C2/SC(=O)N(CC(=O)OC)C2=O)ccc1OCc1ccc2ccccc2c1. The Kier molecular flexibility index (Phi) is 7.18. The van der Waals surface area contributed by atoms with Crippen molar-refractivity contribution in [2.24, 2.45) is 0 Å². The Morgan fingerprint density at radius 1 is 0.971 bits per heavy atom. The van der Waals surface area contributed by atoms with E-state index in [4.69, 9.17) is 9.47 Å². The van der Waals surface area contributed by atoms with E-state index in [0.717, 1.165) is 27.6 Å². The van der Waals surface area contributed by atoms with Crippen LogP contribution in [0.15, 0.2) is 65.6 Å². The highest BCUT2D eigenvalue weighted by Crippen LogP contribution is 2.35. The zero-order valence-electron chi connectivity index (χ0n) is 18.8. The van der Waals surface area contributed by atoms with Gasteiger partial charge in [-0.1, -0.05) is 42.5 Å². The molecule has 0 N–H and O–H groups in total. The number of esters is 1. The van der Waals surface area contributed by atoms with E-state index in [1.807, 2.05) is 25.1 Å². The highest BCUT2D eigenvalue weighted by Gasteiger charge is 2.36. The molecule has 1 aliphatic heterocycles. The van der Waals surface area contributed by atoms with Crippen LogP contribution in [0.2, 0.25) is 0 Å². The summed E-state index contributed by atoms with van der Waals surface area (Å²) in [4.78, 5) is 37.3. The van der Waals surface area contributed by atoms with Crippen molar-refractivity contribution in [2.75, 3.05) is 20.3 Å². The molecule has 1 aliphatic rings. The van der Waals surface area contributed by atoms with E-state index in [1.165, 1.54) is 12.5 Å². The summed E-state index contributed by atoms with van der Waals surface area (Å²) >= 11 is 0.780. The first-order chi connectivity index (χ1) is 16.5. The summed E-state index contributed by atoms with van der Waals surface area (Å²) in [6, 6.07) is 19.6. The maximum atomic E-state index is 12.6. The number of fused-ring (bicyclic) bond motifs is 1. The Balaban J connectivity index is 1.51. The molecule has 0 atom stereocenters. The number of ether oxygens (including phenoxy) is 3. The van der Waals surface area contributed by atoms with E-state index in [9.17, 15) is 14.4 Å². The molecule has 0 bridgehead atoms. The van der Waals surface area contributed by atoms with Crippen molar-refractivity contribution in [3.63, 3.8) is 0 Å². The number of nitrogens with zero attached hydrogens (tertiary/aromatic N) is 1. The second kappa shape index (κ2) is 10.4. The van der Waals surface area contributed by atoms with E-state index in [1.54, 1.807) is 24.3 Å². The van der Waals surface area contributed by atoms with Crippen LogP contribution in [0.3, 0.4) is 0 Å². The van der Waals surface area contributed by atoms with E-state index in [0.29, 0.717) is 30.3 Å². The molecule has 0 spiro atoms. The standard InChI is InChI=1S/C26H23NO6S/c1-3-32-22-13-17(14-23-25(29)27(26(30)34-23)15-24(28)31-2)9-11-21(22)33-16-18-8-10-19-6-4-5-7-20(19)12-18/h4-14H,3,15-16H2,1-2H3/b23-14+. The van der Waals surface area contributed by atoms with Crippen LogP contribution in [0.5, 0.6) is 11.5 Å². The Bertz CT molecular complexity index is 1290. The molecule has 1 heterocycles. The minimum atomic E-state index is -0.657. The predicted molar refractivity (Wildman–Crippen MR) is 131 cm³/mol. The van der Waals surface area contributed by atoms with Crippen LogP contribution >= 0.6 is 11.8 Å². The van der Waals surface area contributed by atoms with Gasteiger partial charge in [-0.2, -0.15) is 0 Å². The average molecular weight is 478 g/mol. The van der Waals surface area contributed by atoms with Crippen LogP contribution in [0.4, 0.5) is 4.79 Å². The van der Waals surface area contributed by atoms with E-state index < -0.39 is 23.7 Å². The minimum Gasteiger partial charge on any atom is -0.490 e. The van der Waals surface area contributed by atoms with Gasteiger partial charge in [0.2, 0.25) is 0 Å². The third-order valence-corrected chi connectivity index (χ3v) is 6.07. The normalized spacial score (nSPS) is 14.6. The maximum absolute atomic E-state index is 12.6. The second-order valence-corrected chi connectivity index (χ2v) is 8.45. The van der Waals surface area contributed by atoms with Gasteiger partial charge in [0, 0.05) is 0 Å². The fourth-order valence-corrected chi connectivity index (χ4v) is 4.31. The summed E-state index contributed by atoms with van der Waals surface area (Å²) in [7, 11) is 1.20. The molecule has 8 heteroatoms. The highest BCUT2D eigenvalue weighted by atomic mass is 32.2. The third kappa shape index (κ3) is 5.23. The zero-order chi connectivity index (χ0) is 24.1. The summed E-state index contributed by atoms with van der Waals surface area (Å²) < 4.78 is 16.3. The Hall–Kier alpha value is -3.78. The molecule has 0 unspecified atom stereocenters. The zero-order valence-corrected chi connectivity index (χ0v) is 19.6. The Morgan fingerprint density at radius 2 is 1.76 bits per heavy atom. The first kappa shape index (κ1) is 23.4. The smallest absolute Gasteiger partial charge is 0.325 e. The first-order valence-corrected chi connectivity index (χ1v) is 11.5. The monoisotopic (exact) mass is 477 g/mol. The molecule has 34 heavy (non-hydrogen) atoms. The van der Waals surface area contributed by atoms with Crippen molar-refractivity contribution in [3.8, 4) is 11.5 Å². The van der Waals surface area contributed by atoms with Crippen LogP contribution in [-0.4, -0.2) is 42.3 Å². The molecule has 174 valence electrons. The van der Waals surface area contributed by atoms with Crippen LogP contribution in [0.1, 0.15) is 18.1 Å². The van der Waals surface area contributed by atoms with Crippen LogP contribution in [-0.2, 0) is 20.9 Å². The minimum absolute atomic E-state index is 0.223.